The molecule has 0 radical (unpaired) electrons. The summed E-state index contributed by atoms with van der Waals surface area (Å²) in [4.78, 5) is 18.0. The Hall–Kier alpha value is -0.880. The van der Waals surface area contributed by atoms with E-state index < -0.39 is 0 Å². The zero-order valence-corrected chi connectivity index (χ0v) is 11.1. The molecule has 1 heterocycles. The standard InChI is InChI=1S/C10H17BrN4O/c1-3-10(2,4-5-12)15-8-7(11)9(16)14-6-13-8/h6H,3-5,12H2,1-2H3,(H2,13,14,15,16). The molecule has 0 amide bonds. The van der Waals surface area contributed by atoms with Crippen molar-refractivity contribution in [2.75, 3.05) is 11.9 Å². The molecule has 0 aliphatic carbocycles. The lowest BCUT2D eigenvalue weighted by Crippen LogP contribution is -2.37. The molecule has 0 saturated carbocycles. The van der Waals surface area contributed by atoms with Crippen molar-refractivity contribution in [3.63, 3.8) is 0 Å². The lowest BCUT2D eigenvalue weighted by Gasteiger charge is -2.30. The third-order valence-corrected chi connectivity index (χ3v) is 3.43. The molecule has 1 atom stereocenters. The summed E-state index contributed by atoms with van der Waals surface area (Å²) in [5.41, 5.74) is 5.24. The first kappa shape index (κ1) is 13.2. The van der Waals surface area contributed by atoms with Crippen LogP contribution in [0.3, 0.4) is 0 Å². The van der Waals surface area contributed by atoms with Crippen LogP contribution < -0.4 is 16.6 Å². The molecule has 0 saturated heterocycles. The molecule has 1 aromatic heterocycles. The lowest BCUT2D eigenvalue weighted by atomic mass is 9.94. The summed E-state index contributed by atoms with van der Waals surface area (Å²) < 4.78 is 0.423. The van der Waals surface area contributed by atoms with E-state index in [9.17, 15) is 4.79 Å². The van der Waals surface area contributed by atoms with Gasteiger partial charge in [-0.1, -0.05) is 6.92 Å². The van der Waals surface area contributed by atoms with Crippen LogP contribution in [0.25, 0.3) is 0 Å². The molecule has 6 heteroatoms. The number of nitrogens with one attached hydrogen (secondary N) is 2. The van der Waals surface area contributed by atoms with Crippen LogP contribution in [0, 0.1) is 0 Å². The molecule has 0 spiro atoms. The number of H-pyrrole nitrogens is 1. The summed E-state index contributed by atoms with van der Waals surface area (Å²) in [6.45, 7) is 4.73. The third kappa shape index (κ3) is 3.05. The second kappa shape index (κ2) is 5.45. The number of hydrogen-bond donors (Lipinski definition) is 3. The molecule has 1 unspecified atom stereocenters. The summed E-state index contributed by atoms with van der Waals surface area (Å²) in [5.74, 6) is 0.557. The highest BCUT2D eigenvalue weighted by Crippen LogP contribution is 2.23. The molecule has 1 aromatic rings. The number of aromatic amines is 1. The Bertz CT molecular complexity index is 406. The Balaban J connectivity index is 2.94. The Labute approximate surface area is 103 Å². The molecule has 0 aromatic carbocycles. The molecule has 0 fully saturated rings. The number of anilines is 1. The van der Waals surface area contributed by atoms with E-state index >= 15 is 0 Å². The molecule has 4 N–H and O–H groups in total. The van der Waals surface area contributed by atoms with E-state index in [1.165, 1.54) is 6.33 Å². The molecule has 0 aliphatic heterocycles. The fraction of sp³-hybridized carbons (Fsp3) is 0.600. The first-order chi connectivity index (χ1) is 7.52. The van der Waals surface area contributed by atoms with Gasteiger partial charge in [0, 0.05) is 5.54 Å². The van der Waals surface area contributed by atoms with Crippen molar-refractivity contribution in [2.24, 2.45) is 5.73 Å². The van der Waals surface area contributed by atoms with Crippen molar-refractivity contribution < 1.29 is 0 Å². The van der Waals surface area contributed by atoms with Gasteiger partial charge in [0.25, 0.3) is 5.56 Å². The number of halogens is 1. The number of rotatable bonds is 5. The van der Waals surface area contributed by atoms with E-state index in [1.807, 2.05) is 0 Å². The van der Waals surface area contributed by atoms with Gasteiger partial charge < -0.3 is 16.0 Å². The lowest BCUT2D eigenvalue weighted by molar-refractivity contribution is 0.461. The van der Waals surface area contributed by atoms with Crippen LogP contribution in [0.4, 0.5) is 5.82 Å². The van der Waals surface area contributed by atoms with Gasteiger partial charge >= 0.3 is 0 Å². The molecule has 0 aliphatic rings. The van der Waals surface area contributed by atoms with Gasteiger partial charge in [0.1, 0.15) is 10.3 Å². The molecule has 1 rings (SSSR count). The molecule has 5 nitrogen and oxygen atoms in total. The minimum Gasteiger partial charge on any atom is -0.364 e. The zero-order chi connectivity index (χ0) is 12.2. The maximum absolute atomic E-state index is 11.4. The van der Waals surface area contributed by atoms with Crippen LogP contribution in [0.15, 0.2) is 15.6 Å². The Morgan fingerprint density at radius 2 is 2.38 bits per heavy atom. The maximum atomic E-state index is 11.4. The van der Waals surface area contributed by atoms with Gasteiger partial charge in [0.2, 0.25) is 0 Å². The maximum Gasteiger partial charge on any atom is 0.267 e. The molecule has 16 heavy (non-hydrogen) atoms. The predicted molar refractivity (Wildman–Crippen MR) is 68.5 cm³/mol. The quantitative estimate of drug-likeness (QED) is 0.766. The summed E-state index contributed by atoms with van der Waals surface area (Å²) in [6, 6.07) is 0. The smallest absolute Gasteiger partial charge is 0.267 e. The summed E-state index contributed by atoms with van der Waals surface area (Å²) in [5, 5.41) is 3.26. The minimum absolute atomic E-state index is 0.141. The SMILES string of the molecule is CCC(C)(CCN)Nc1nc[nH]c(=O)c1Br. The van der Waals surface area contributed by atoms with Gasteiger partial charge in [0.05, 0.1) is 6.33 Å². The Morgan fingerprint density at radius 1 is 1.69 bits per heavy atom. The van der Waals surface area contributed by atoms with Crippen LogP contribution in [-0.4, -0.2) is 22.1 Å². The highest BCUT2D eigenvalue weighted by Gasteiger charge is 2.22. The van der Waals surface area contributed by atoms with Gasteiger partial charge in [-0.3, -0.25) is 4.79 Å². The number of nitrogens with two attached hydrogens (primary N) is 1. The fourth-order valence-corrected chi connectivity index (χ4v) is 1.72. The van der Waals surface area contributed by atoms with Crippen LogP contribution in [0.5, 0.6) is 0 Å². The van der Waals surface area contributed by atoms with E-state index in [0.29, 0.717) is 16.8 Å². The second-order valence-electron chi connectivity index (χ2n) is 3.97. The molecular weight excluding hydrogens is 272 g/mol. The van der Waals surface area contributed by atoms with Crippen molar-refractivity contribution in [3.05, 3.63) is 21.2 Å². The van der Waals surface area contributed by atoms with Gasteiger partial charge in [-0.15, -0.1) is 0 Å². The van der Waals surface area contributed by atoms with E-state index in [2.05, 4.69) is 45.1 Å². The number of aromatic nitrogens is 2. The monoisotopic (exact) mass is 288 g/mol. The van der Waals surface area contributed by atoms with Gasteiger partial charge in [-0.25, -0.2) is 4.98 Å². The van der Waals surface area contributed by atoms with Crippen LogP contribution in [-0.2, 0) is 0 Å². The highest BCUT2D eigenvalue weighted by atomic mass is 79.9. The van der Waals surface area contributed by atoms with E-state index in [0.717, 1.165) is 12.8 Å². The van der Waals surface area contributed by atoms with Crippen LogP contribution in [0.2, 0.25) is 0 Å². The molecule has 0 bridgehead atoms. The van der Waals surface area contributed by atoms with Crippen molar-refractivity contribution >= 4 is 21.7 Å². The van der Waals surface area contributed by atoms with Gasteiger partial charge in [0.15, 0.2) is 0 Å². The predicted octanol–water partition coefficient (Wildman–Crippen LogP) is 1.46. The second-order valence-corrected chi connectivity index (χ2v) is 4.77. The first-order valence-corrected chi connectivity index (χ1v) is 6.03. The van der Waals surface area contributed by atoms with Crippen LogP contribution in [0.1, 0.15) is 26.7 Å². The summed E-state index contributed by atoms with van der Waals surface area (Å²) in [6.07, 6.45) is 3.11. The third-order valence-electron chi connectivity index (χ3n) is 2.69. The topological polar surface area (TPSA) is 83.8 Å². The van der Waals surface area contributed by atoms with Crippen molar-refractivity contribution in [3.8, 4) is 0 Å². The Morgan fingerprint density at radius 3 is 2.94 bits per heavy atom. The molecule has 90 valence electrons. The fourth-order valence-electron chi connectivity index (χ4n) is 1.40. The Kier molecular flexibility index (Phi) is 4.49. The van der Waals surface area contributed by atoms with Crippen molar-refractivity contribution in [1.82, 2.24) is 9.97 Å². The van der Waals surface area contributed by atoms with Crippen LogP contribution >= 0.6 is 15.9 Å². The minimum atomic E-state index is -0.191. The average Bonchev–Trinajstić information content (AvgIpc) is 2.25. The number of hydrogen-bond acceptors (Lipinski definition) is 4. The highest BCUT2D eigenvalue weighted by molar-refractivity contribution is 9.10. The summed E-state index contributed by atoms with van der Waals surface area (Å²) >= 11 is 3.21. The number of nitrogens with zero attached hydrogens (tertiary/aromatic N) is 1. The van der Waals surface area contributed by atoms with E-state index in [-0.39, 0.29) is 11.1 Å². The molecular formula is C10H17BrN4O. The van der Waals surface area contributed by atoms with Crippen molar-refractivity contribution in [2.45, 2.75) is 32.2 Å². The van der Waals surface area contributed by atoms with E-state index in [4.69, 9.17) is 5.73 Å². The first-order valence-electron chi connectivity index (χ1n) is 5.24. The summed E-state index contributed by atoms with van der Waals surface area (Å²) in [7, 11) is 0. The average molecular weight is 289 g/mol. The largest absolute Gasteiger partial charge is 0.364 e. The van der Waals surface area contributed by atoms with E-state index in [1.54, 1.807) is 0 Å². The van der Waals surface area contributed by atoms with Crippen molar-refractivity contribution in [1.29, 1.82) is 0 Å². The normalized spacial score (nSPS) is 14.5. The zero-order valence-electron chi connectivity index (χ0n) is 9.51. The van der Waals surface area contributed by atoms with Gasteiger partial charge in [-0.2, -0.15) is 0 Å². The van der Waals surface area contributed by atoms with Gasteiger partial charge in [-0.05, 0) is 42.2 Å².